The van der Waals surface area contributed by atoms with Gasteiger partial charge in [-0.25, -0.2) is 0 Å². The molecule has 2 amide bonds. The number of hydrogen-bond acceptors (Lipinski definition) is 4. The van der Waals surface area contributed by atoms with E-state index in [4.69, 9.17) is 11.5 Å². The molecule has 0 aliphatic carbocycles. The number of para-hydroxylation sites is 1. The summed E-state index contributed by atoms with van der Waals surface area (Å²) in [7, 11) is 0. The van der Waals surface area contributed by atoms with Crippen molar-refractivity contribution in [2.24, 2.45) is 11.5 Å². The molecule has 0 saturated heterocycles. The van der Waals surface area contributed by atoms with Crippen molar-refractivity contribution in [1.29, 1.82) is 0 Å². The topological polar surface area (TPSA) is 110 Å². The van der Waals surface area contributed by atoms with E-state index in [1.54, 1.807) is 18.2 Å². The van der Waals surface area contributed by atoms with Crippen molar-refractivity contribution in [2.75, 3.05) is 13.1 Å². The SMILES string of the molecule is NC(=O)CN(CC(N)=O)Cc1cccc(Br)c1O. The van der Waals surface area contributed by atoms with Gasteiger partial charge in [0.1, 0.15) is 5.75 Å². The summed E-state index contributed by atoms with van der Waals surface area (Å²) < 4.78 is 0.540. The van der Waals surface area contributed by atoms with Crippen molar-refractivity contribution >= 4 is 27.7 Å². The van der Waals surface area contributed by atoms with E-state index in [9.17, 15) is 14.7 Å². The summed E-state index contributed by atoms with van der Waals surface area (Å²) in [6.07, 6.45) is 0. The van der Waals surface area contributed by atoms with E-state index in [1.807, 2.05) is 0 Å². The van der Waals surface area contributed by atoms with Gasteiger partial charge in [0.25, 0.3) is 0 Å². The van der Waals surface area contributed by atoms with Crippen LogP contribution in [0.1, 0.15) is 5.56 Å². The minimum atomic E-state index is -0.564. The normalized spacial score (nSPS) is 10.6. The summed E-state index contributed by atoms with van der Waals surface area (Å²) in [4.78, 5) is 23.2. The number of nitrogens with two attached hydrogens (primary N) is 2. The molecular formula is C11H14BrN3O3. The molecule has 1 rings (SSSR count). The lowest BCUT2D eigenvalue weighted by atomic mass is 10.2. The second-order valence-corrected chi connectivity index (χ2v) is 4.68. The van der Waals surface area contributed by atoms with Crippen LogP contribution >= 0.6 is 15.9 Å². The van der Waals surface area contributed by atoms with Crippen LogP contribution in [0.5, 0.6) is 5.75 Å². The maximum atomic E-state index is 10.9. The molecule has 6 nitrogen and oxygen atoms in total. The van der Waals surface area contributed by atoms with Gasteiger partial charge in [-0.3, -0.25) is 14.5 Å². The third-order valence-electron chi connectivity index (χ3n) is 2.22. The summed E-state index contributed by atoms with van der Waals surface area (Å²) in [6, 6.07) is 5.12. The molecule has 0 bridgehead atoms. The highest BCUT2D eigenvalue weighted by Gasteiger charge is 2.14. The molecule has 18 heavy (non-hydrogen) atoms. The number of phenolic OH excluding ortho intramolecular Hbond substituents is 1. The quantitative estimate of drug-likeness (QED) is 0.682. The zero-order chi connectivity index (χ0) is 13.7. The van der Waals surface area contributed by atoms with Crippen LogP contribution in [0.15, 0.2) is 22.7 Å². The average Bonchev–Trinajstić information content (AvgIpc) is 2.23. The fraction of sp³-hybridized carbons (Fsp3) is 0.273. The third kappa shape index (κ3) is 4.34. The zero-order valence-corrected chi connectivity index (χ0v) is 11.2. The van der Waals surface area contributed by atoms with Gasteiger partial charge in [-0.2, -0.15) is 0 Å². The first-order chi connectivity index (χ1) is 8.40. The molecule has 1 aromatic carbocycles. The predicted octanol–water partition coefficient (Wildman–Crippen LogP) is -0.0727. The molecule has 7 heteroatoms. The summed E-state index contributed by atoms with van der Waals surface area (Å²) in [5.41, 5.74) is 10.7. The molecular weight excluding hydrogens is 302 g/mol. The van der Waals surface area contributed by atoms with Crippen LogP contribution in [0.4, 0.5) is 0 Å². The first kappa shape index (κ1) is 14.5. The van der Waals surface area contributed by atoms with Crippen LogP contribution in [-0.4, -0.2) is 34.9 Å². The zero-order valence-electron chi connectivity index (χ0n) is 9.60. The first-order valence-corrected chi connectivity index (χ1v) is 5.94. The van der Waals surface area contributed by atoms with Crippen molar-refractivity contribution in [3.8, 4) is 5.75 Å². The Balaban J connectivity index is 2.84. The highest BCUT2D eigenvalue weighted by atomic mass is 79.9. The third-order valence-corrected chi connectivity index (χ3v) is 2.86. The largest absolute Gasteiger partial charge is 0.506 e. The van der Waals surface area contributed by atoms with Crippen molar-refractivity contribution < 1.29 is 14.7 Å². The van der Waals surface area contributed by atoms with Gasteiger partial charge in [0.2, 0.25) is 11.8 Å². The van der Waals surface area contributed by atoms with Gasteiger partial charge < -0.3 is 16.6 Å². The maximum Gasteiger partial charge on any atom is 0.231 e. The second-order valence-electron chi connectivity index (χ2n) is 3.83. The number of carbonyl (C=O) groups excluding carboxylic acids is 2. The van der Waals surface area contributed by atoms with Crippen molar-refractivity contribution in [3.05, 3.63) is 28.2 Å². The van der Waals surface area contributed by atoms with E-state index in [0.29, 0.717) is 10.0 Å². The van der Waals surface area contributed by atoms with Crippen LogP contribution in [0.2, 0.25) is 0 Å². The monoisotopic (exact) mass is 315 g/mol. The van der Waals surface area contributed by atoms with Crippen LogP contribution < -0.4 is 11.5 Å². The van der Waals surface area contributed by atoms with Gasteiger partial charge in [-0.1, -0.05) is 12.1 Å². The molecule has 0 spiro atoms. The molecule has 0 aliphatic heterocycles. The Morgan fingerprint density at radius 2 is 1.78 bits per heavy atom. The molecule has 5 N–H and O–H groups in total. The lowest BCUT2D eigenvalue weighted by Crippen LogP contribution is -2.39. The van der Waals surface area contributed by atoms with Crippen LogP contribution in [0.3, 0.4) is 0 Å². The van der Waals surface area contributed by atoms with E-state index in [0.717, 1.165) is 0 Å². The molecule has 0 aliphatic rings. The van der Waals surface area contributed by atoms with Gasteiger partial charge in [0.05, 0.1) is 17.6 Å². The maximum absolute atomic E-state index is 10.9. The number of nitrogens with zero attached hydrogens (tertiary/aromatic N) is 1. The number of phenols is 1. The number of carbonyl (C=O) groups is 2. The first-order valence-electron chi connectivity index (χ1n) is 5.15. The van der Waals surface area contributed by atoms with E-state index >= 15 is 0 Å². The van der Waals surface area contributed by atoms with E-state index < -0.39 is 11.8 Å². The number of hydrogen-bond donors (Lipinski definition) is 3. The van der Waals surface area contributed by atoms with Crippen LogP contribution in [0.25, 0.3) is 0 Å². The molecule has 0 radical (unpaired) electrons. The van der Waals surface area contributed by atoms with Gasteiger partial charge >= 0.3 is 0 Å². The van der Waals surface area contributed by atoms with Crippen molar-refractivity contribution in [3.63, 3.8) is 0 Å². The summed E-state index contributed by atoms with van der Waals surface area (Å²) in [5, 5.41) is 9.81. The van der Waals surface area contributed by atoms with Gasteiger partial charge in [0.15, 0.2) is 0 Å². The predicted molar refractivity (Wildman–Crippen MR) is 69.5 cm³/mol. The van der Waals surface area contributed by atoms with Gasteiger partial charge in [-0.05, 0) is 22.0 Å². The molecule has 0 saturated carbocycles. The summed E-state index contributed by atoms with van der Waals surface area (Å²) in [6.45, 7) is 0.000933. The Kier molecular flexibility index (Phi) is 5.11. The lowest BCUT2D eigenvalue weighted by molar-refractivity contribution is -0.122. The van der Waals surface area contributed by atoms with E-state index in [1.165, 1.54) is 4.90 Å². The van der Waals surface area contributed by atoms with Crippen LogP contribution in [0, 0.1) is 0 Å². The molecule has 1 aromatic rings. The van der Waals surface area contributed by atoms with Gasteiger partial charge in [-0.15, -0.1) is 0 Å². The Bertz CT molecular complexity index is 449. The number of primary amides is 2. The number of halogens is 1. The average molecular weight is 316 g/mol. The van der Waals surface area contributed by atoms with E-state index in [2.05, 4.69) is 15.9 Å². The molecule has 0 aromatic heterocycles. The fourth-order valence-corrected chi connectivity index (χ4v) is 1.94. The molecule has 0 fully saturated rings. The number of aromatic hydroxyl groups is 1. The fourth-order valence-electron chi connectivity index (χ4n) is 1.54. The molecule has 0 heterocycles. The van der Waals surface area contributed by atoms with Gasteiger partial charge in [0, 0.05) is 12.1 Å². The lowest BCUT2D eigenvalue weighted by Gasteiger charge is -2.19. The van der Waals surface area contributed by atoms with E-state index in [-0.39, 0.29) is 25.4 Å². The van der Waals surface area contributed by atoms with Crippen molar-refractivity contribution in [2.45, 2.75) is 6.54 Å². The Labute approximate surface area is 113 Å². The highest BCUT2D eigenvalue weighted by molar-refractivity contribution is 9.10. The standard InChI is InChI=1S/C11H14BrN3O3/c12-8-3-1-2-7(11(8)18)4-15(5-9(13)16)6-10(14)17/h1-3,18H,4-6H2,(H2,13,16)(H2,14,17). The minimum absolute atomic E-state index is 0.0661. The smallest absolute Gasteiger partial charge is 0.231 e. The Morgan fingerprint density at radius 3 is 2.28 bits per heavy atom. The highest BCUT2D eigenvalue weighted by Crippen LogP contribution is 2.28. The summed E-state index contributed by atoms with van der Waals surface area (Å²) >= 11 is 3.19. The Morgan fingerprint density at radius 1 is 1.22 bits per heavy atom. The second kappa shape index (κ2) is 6.36. The van der Waals surface area contributed by atoms with Crippen molar-refractivity contribution in [1.82, 2.24) is 4.90 Å². The number of rotatable bonds is 6. The Hall–Kier alpha value is -1.60. The number of benzene rings is 1. The molecule has 0 unspecified atom stereocenters. The number of amides is 2. The molecule has 98 valence electrons. The van der Waals surface area contributed by atoms with Crippen LogP contribution in [-0.2, 0) is 16.1 Å². The minimum Gasteiger partial charge on any atom is -0.506 e. The molecule has 0 atom stereocenters. The summed E-state index contributed by atoms with van der Waals surface area (Å²) in [5.74, 6) is -1.06.